The van der Waals surface area contributed by atoms with Crippen LogP contribution >= 0.6 is 0 Å². The van der Waals surface area contributed by atoms with Gasteiger partial charge in [-0.1, -0.05) is 24.3 Å². The summed E-state index contributed by atoms with van der Waals surface area (Å²) < 4.78 is 5.38. The summed E-state index contributed by atoms with van der Waals surface area (Å²) in [6.07, 6.45) is 5.65. The molecule has 1 fully saturated rings. The SMILES string of the molecule is COc1ccccc1CN1C[C@@H](C(=O)NCCCCc2ccccn2)CCC1=O. The van der Waals surface area contributed by atoms with Crippen molar-refractivity contribution in [3.8, 4) is 5.75 Å². The number of pyridine rings is 1. The van der Waals surface area contributed by atoms with Crippen LogP contribution < -0.4 is 10.1 Å². The highest BCUT2D eigenvalue weighted by atomic mass is 16.5. The van der Waals surface area contributed by atoms with E-state index in [0.717, 1.165) is 36.3 Å². The maximum absolute atomic E-state index is 12.6. The standard InChI is InChI=1S/C23H29N3O3/c1-29-21-11-3-2-8-18(21)16-26-17-19(12-13-22(26)27)23(28)25-15-7-5-10-20-9-4-6-14-24-20/h2-4,6,8-9,11,14,19H,5,7,10,12-13,15-17H2,1H3,(H,25,28)/t19-/m0/s1. The second-order valence-corrected chi connectivity index (χ2v) is 7.39. The van der Waals surface area contributed by atoms with Gasteiger partial charge in [0.1, 0.15) is 5.75 Å². The van der Waals surface area contributed by atoms with Gasteiger partial charge in [0.2, 0.25) is 11.8 Å². The van der Waals surface area contributed by atoms with Crippen LogP contribution in [0.25, 0.3) is 0 Å². The maximum atomic E-state index is 12.6. The molecule has 154 valence electrons. The van der Waals surface area contributed by atoms with E-state index < -0.39 is 0 Å². The summed E-state index contributed by atoms with van der Waals surface area (Å²) in [5.41, 5.74) is 2.04. The van der Waals surface area contributed by atoms with Crippen molar-refractivity contribution in [3.63, 3.8) is 0 Å². The van der Waals surface area contributed by atoms with Gasteiger partial charge >= 0.3 is 0 Å². The second-order valence-electron chi connectivity index (χ2n) is 7.39. The summed E-state index contributed by atoms with van der Waals surface area (Å²) in [6.45, 7) is 1.58. The van der Waals surface area contributed by atoms with Gasteiger partial charge in [0, 0.05) is 43.5 Å². The predicted octanol–water partition coefficient (Wildman–Crippen LogP) is 2.97. The third-order valence-electron chi connectivity index (χ3n) is 5.31. The van der Waals surface area contributed by atoms with Gasteiger partial charge in [-0.25, -0.2) is 0 Å². The average molecular weight is 396 g/mol. The molecule has 2 amide bonds. The fourth-order valence-electron chi connectivity index (χ4n) is 3.65. The highest BCUT2D eigenvalue weighted by molar-refractivity contribution is 5.83. The van der Waals surface area contributed by atoms with Crippen LogP contribution in [0.2, 0.25) is 0 Å². The minimum atomic E-state index is -0.154. The lowest BCUT2D eigenvalue weighted by Gasteiger charge is -2.32. The molecular formula is C23H29N3O3. The van der Waals surface area contributed by atoms with E-state index in [1.807, 2.05) is 42.5 Å². The van der Waals surface area contributed by atoms with Crippen LogP contribution in [0.1, 0.15) is 36.9 Å². The number of rotatable bonds is 9. The summed E-state index contributed by atoms with van der Waals surface area (Å²) in [5.74, 6) is 0.744. The van der Waals surface area contributed by atoms with Crippen LogP contribution in [0.5, 0.6) is 5.75 Å². The Balaban J connectivity index is 1.44. The number of nitrogens with one attached hydrogen (secondary N) is 1. The fourth-order valence-corrected chi connectivity index (χ4v) is 3.65. The number of carbonyl (C=O) groups excluding carboxylic acids is 2. The summed E-state index contributed by atoms with van der Waals surface area (Å²) in [6, 6.07) is 13.6. The summed E-state index contributed by atoms with van der Waals surface area (Å²) in [5, 5.41) is 3.04. The molecule has 0 radical (unpaired) electrons. The van der Waals surface area contributed by atoms with Gasteiger partial charge in [0.25, 0.3) is 0 Å². The average Bonchev–Trinajstić information content (AvgIpc) is 2.76. The van der Waals surface area contributed by atoms with Crippen LogP contribution in [0, 0.1) is 5.92 Å². The molecule has 1 aliphatic rings. The molecular weight excluding hydrogens is 366 g/mol. The van der Waals surface area contributed by atoms with E-state index in [9.17, 15) is 9.59 Å². The Morgan fingerprint density at radius 3 is 2.83 bits per heavy atom. The Morgan fingerprint density at radius 1 is 1.21 bits per heavy atom. The molecule has 2 heterocycles. The van der Waals surface area contributed by atoms with Crippen molar-refractivity contribution in [1.29, 1.82) is 0 Å². The number of benzene rings is 1. The van der Waals surface area contributed by atoms with Crippen molar-refractivity contribution < 1.29 is 14.3 Å². The summed E-state index contributed by atoms with van der Waals surface area (Å²) in [4.78, 5) is 31.0. The van der Waals surface area contributed by atoms with Crippen LogP contribution in [0.3, 0.4) is 0 Å². The molecule has 2 aromatic rings. The monoisotopic (exact) mass is 395 g/mol. The number of para-hydroxylation sites is 1. The molecule has 1 saturated heterocycles. The van der Waals surface area contributed by atoms with E-state index in [0.29, 0.717) is 32.5 Å². The van der Waals surface area contributed by atoms with Crippen molar-refractivity contribution in [2.75, 3.05) is 20.2 Å². The van der Waals surface area contributed by atoms with Crippen LogP contribution in [-0.4, -0.2) is 41.9 Å². The van der Waals surface area contributed by atoms with Crippen LogP contribution in [0.15, 0.2) is 48.7 Å². The fraction of sp³-hybridized carbons (Fsp3) is 0.435. The molecule has 1 aliphatic heterocycles. The Labute approximate surface area is 172 Å². The molecule has 1 aromatic carbocycles. The molecule has 0 unspecified atom stereocenters. The Morgan fingerprint density at radius 2 is 2.03 bits per heavy atom. The smallest absolute Gasteiger partial charge is 0.224 e. The number of hydrogen-bond acceptors (Lipinski definition) is 4. The maximum Gasteiger partial charge on any atom is 0.224 e. The lowest BCUT2D eigenvalue weighted by Crippen LogP contribution is -2.45. The third-order valence-corrected chi connectivity index (χ3v) is 5.31. The molecule has 3 rings (SSSR count). The number of aromatic nitrogens is 1. The quantitative estimate of drug-likeness (QED) is 0.663. The van der Waals surface area contributed by atoms with Crippen molar-refractivity contribution in [2.24, 2.45) is 5.92 Å². The van der Waals surface area contributed by atoms with Gasteiger partial charge in [-0.3, -0.25) is 14.6 Å². The van der Waals surface area contributed by atoms with E-state index in [4.69, 9.17) is 4.74 Å². The predicted molar refractivity (Wildman–Crippen MR) is 111 cm³/mol. The first-order valence-corrected chi connectivity index (χ1v) is 10.2. The number of amides is 2. The first kappa shape index (κ1) is 20.8. The number of piperidine rings is 1. The number of carbonyl (C=O) groups is 2. The first-order chi connectivity index (χ1) is 14.2. The van der Waals surface area contributed by atoms with E-state index in [1.54, 1.807) is 18.2 Å². The number of ether oxygens (including phenoxy) is 1. The molecule has 0 aliphatic carbocycles. The second kappa shape index (κ2) is 10.6. The Hall–Kier alpha value is -2.89. The van der Waals surface area contributed by atoms with Crippen molar-refractivity contribution in [3.05, 3.63) is 59.9 Å². The number of aryl methyl sites for hydroxylation is 1. The number of nitrogens with zero attached hydrogens (tertiary/aromatic N) is 2. The van der Waals surface area contributed by atoms with Crippen LogP contribution in [0.4, 0.5) is 0 Å². The van der Waals surface area contributed by atoms with E-state index >= 15 is 0 Å². The van der Waals surface area contributed by atoms with Gasteiger partial charge in [0.15, 0.2) is 0 Å². The lowest BCUT2D eigenvalue weighted by atomic mass is 9.96. The van der Waals surface area contributed by atoms with E-state index in [-0.39, 0.29) is 17.7 Å². The van der Waals surface area contributed by atoms with Gasteiger partial charge in [-0.15, -0.1) is 0 Å². The topological polar surface area (TPSA) is 71.5 Å². The van der Waals surface area contributed by atoms with Gasteiger partial charge in [-0.2, -0.15) is 0 Å². The zero-order valence-electron chi connectivity index (χ0n) is 17.0. The molecule has 1 N–H and O–H groups in total. The molecule has 1 atom stereocenters. The molecule has 1 aromatic heterocycles. The Bertz CT molecular complexity index is 810. The molecule has 6 nitrogen and oxygen atoms in total. The minimum Gasteiger partial charge on any atom is -0.496 e. The molecule has 0 saturated carbocycles. The third kappa shape index (κ3) is 6.04. The summed E-state index contributed by atoms with van der Waals surface area (Å²) >= 11 is 0. The van der Waals surface area contributed by atoms with Gasteiger partial charge in [0.05, 0.1) is 13.0 Å². The largest absolute Gasteiger partial charge is 0.496 e. The van der Waals surface area contributed by atoms with E-state index in [1.165, 1.54) is 0 Å². The molecule has 29 heavy (non-hydrogen) atoms. The van der Waals surface area contributed by atoms with E-state index in [2.05, 4.69) is 10.3 Å². The number of methoxy groups -OCH3 is 1. The summed E-state index contributed by atoms with van der Waals surface area (Å²) in [7, 11) is 1.63. The first-order valence-electron chi connectivity index (χ1n) is 10.2. The minimum absolute atomic E-state index is 0.0420. The number of unbranched alkanes of at least 4 members (excludes halogenated alkanes) is 1. The van der Waals surface area contributed by atoms with Crippen LogP contribution in [-0.2, 0) is 22.6 Å². The normalized spacial score (nSPS) is 16.5. The zero-order valence-corrected chi connectivity index (χ0v) is 17.0. The molecule has 6 heteroatoms. The molecule has 0 bridgehead atoms. The number of likely N-dealkylation sites (tertiary alicyclic amines) is 1. The Kier molecular flexibility index (Phi) is 7.61. The zero-order chi connectivity index (χ0) is 20.5. The van der Waals surface area contributed by atoms with Crippen molar-refractivity contribution in [1.82, 2.24) is 15.2 Å². The highest BCUT2D eigenvalue weighted by Gasteiger charge is 2.30. The lowest BCUT2D eigenvalue weighted by molar-refractivity contribution is -0.138. The molecule has 0 spiro atoms. The van der Waals surface area contributed by atoms with Gasteiger partial charge in [-0.05, 0) is 43.9 Å². The van der Waals surface area contributed by atoms with Gasteiger partial charge < -0.3 is 15.0 Å². The van der Waals surface area contributed by atoms with Crippen molar-refractivity contribution >= 4 is 11.8 Å². The number of hydrogen-bond donors (Lipinski definition) is 1. The highest BCUT2D eigenvalue weighted by Crippen LogP contribution is 2.24. The van der Waals surface area contributed by atoms with Crippen molar-refractivity contribution in [2.45, 2.75) is 38.6 Å².